The molecule has 0 N–H and O–H groups in total. The maximum absolute atomic E-state index is 13.5. The Morgan fingerprint density at radius 2 is 1.94 bits per heavy atom. The number of ether oxygens (including phenoxy) is 3. The van der Waals surface area contributed by atoms with Crippen molar-refractivity contribution in [2.24, 2.45) is 0 Å². The molecule has 1 atom stereocenters. The summed E-state index contributed by atoms with van der Waals surface area (Å²) in [6, 6.07) is 5.28. The SMILES string of the molecule is COCCn1nnnc1C1(N2CCCC2)CCN(C(=O)c2ccc(OC)cc2OC)C1. The highest BCUT2D eigenvalue weighted by molar-refractivity contribution is 5.97. The van der Waals surface area contributed by atoms with Crippen LogP contribution in [0, 0.1) is 0 Å². The van der Waals surface area contributed by atoms with Gasteiger partial charge in [-0.2, -0.15) is 0 Å². The van der Waals surface area contributed by atoms with E-state index < -0.39 is 5.54 Å². The Bertz CT molecular complexity index is 913. The van der Waals surface area contributed by atoms with Crippen molar-refractivity contribution in [3.8, 4) is 11.5 Å². The van der Waals surface area contributed by atoms with E-state index in [-0.39, 0.29) is 5.91 Å². The molecule has 168 valence electrons. The Hall–Kier alpha value is -2.72. The van der Waals surface area contributed by atoms with Gasteiger partial charge in [0.05, 0.1) is 32.9 Å². The van der Waals surface area contributed by atoms with Crippen LogP contribution < -0.4 is 9.47 Å². The van der Waals surface area contributed by atoms with E-state index >= 15 is 0 Å². The van der Waals surface area contributed by atoms with Crippen molar-refractivity contribution in [1.29, 1.82) is 0 Å². The van der Waals surface area contributed by atoms with E-state index in [1.807, 2.05) is 9.58 Å². The third-order valence-electron chi connectivity index (χ3n) is 6.34. The molecule has 2 saturated heterocycles. The normalized spacial score (nSPS) is 21.6. The maximum Gasteiger partial charge on any atom is 0.257 e. The summed E-state index contributed by atoms with van der Waals surface area (Å²) < 4.78 is 17.8. The van der Waals surface area contributed by atoms with Crippen LogP contribution >= 0.6 is 0 Å². The molecule has 2 fully saturated rings. The third kappa shape index (κ3) is 3.97. The van der Waals surface area contributed by atoms with Crippen LogP contribution in [0.5, 0.6) is 11.5 Å². The molecule has 0 aliphatic carbocycles. The monoisotopic (exact) mass is 430 g/mol. The minimum atomic E-state index is -0.400. The van der Waals surface area contributed by atoms with Crippen LogP contribution in [-0.2, 0) is 16.8 Å². The molecule has 1 unspecified atom stereocenters. The van der Waals surface area contributed by atoms with E-state index in [1.54, 1.807) is 39.5 Å². The lowest BCUT2D eigenvalue weighted by Gasteiger charge is -2.37. The quantitative estimate of drug-likeness (QED) is 0.616. The van der Waals surface area contributed by atoms with E-state index in [4.69, 9.17) is 14.2 Å². The first-order valence-corrected chi connectivity index (χ1v) is 10.6. The molecule has 0 bridgehead atoms. The van der Waals surface area contributed by atoms with Crippen molar-refractivity contribution < 1.29 is 19.0 Å². The van der Waals surface area contributed by atoms with Crippen LogP contribution in [0.25, 0.3) is 0 Å². The highest BCUT2D eigenvalue weighted by atomic mass is 16.5. The van der Waals surface area contributed by atoms with Gasteiger partial charge in [-0.1, -0.05) is 0 Å². The number of carbonyl (C=O) groups is 1. The first kappa shape index (κ1) is 21.5. The molecule has 2 aliphatic rings. The summed E-state index contributed by atoms with van der Waals surface area (Å²) in [6.07, 6.45) is 3.06. The lowest BCUT2D eigenvalue weighted by atomic mass is 9.95. The van der Waals surface area contributed by atoms with Gasteiger partial charge in [0, 0.05) is 26.3 Å². The highest BCUT2D eigenvalue weighted by Crippen LogP contribution is 2.40. The molecule has 10 nitrogen and oxygen atoms in total. The second-order valence-corrected chi connectivity index (χ2v) is 7.99. The van der Waals surface area contributed by atoms with Gasteiger partial charge in [-0.05, 0) is 54.9 Å². The standard InChI is InChI=1S/C21H30N6O4/c1-29-13-12-27-20(22-23-24-27)21(26-9-4-5-10-26)8-11-25(15-21)19(28)17-7-6-16(30-2)14-18(17)31-3/h6-7,14H,4-5,8-13,15H2,1-3H3. The number of amides is 1. The van der Waals surface area contributed by atoms with Crippen LogP contribution in [-0.4, -0.2) is 90.0 Å². The Morgan fingerprint density at radius 1 is 1.13 bits per heavy atom. The summed E-state index contributed by atoms with van der Waals surface area (Å²) in [5.74, 6) is 1.91. The Balaban J connectivity index is 1.64. The second-order valence-electron chi connectivity index (χ2n) is 7.99. The lowest BCUT2D eigenvalue weighted by molar-refractivity contribution is 0.0695. The van der Waals surface area contributed by atoms with E-state index in [0.717, 1.165) is 38.2 Å². The number of likely N-dealkylation sites (tertiary alicyclic amines) is 2. The zero-order valence-electron chi connectivity index (χ0n) is 18.4. The van der Waals surface area contributed by atoms with Gasteiger partial charge < -0.3 is 19.1 Å². The van der Waals surface area contributed by atoms with E-state index in [9.17, 15) is 4.79 Å². The smallest absolute Gasteiger partial charge is 0.257 e. The lowest BCUT2D eigenvalue weighted by Crippen LogP contribution is -2.49. The third-order valence-corrected chi connectivity index (χ3v) is 6.34. The summed E-state index contributed by atoms with van der Waals surface area (Å²) >= 11 is 0. The van der Waals surface area contributed by atoms with Crippen LogP contribution in [0.2, 0.25) is 0 Å². The number of hydrogen-bond donors (Lipinski definition) is 0. The fourth-order valence-corrected chi connectivity index (χ4v) is 4.71. The molecule has 31 heavy (non-hydrogen) atoms. The molecule has 0 radical (unpaired) electrons. The minimum Gasteiger partial charge on any atom is -0.497 e. The number of aromatic nitrogens is 4. The number of nitrogens with zero attached hydrogens (tertiary/aromatic N) is 6. The number of tetrazole rings is 1. The number of hydrogen-bond acceptors (Lipinski definition) is 8. The van der Waals surface area contributed by atoms with Gasteiger partial charge in [-0.25, -0.2) is 4.68 Å². The molecule has 0 saturated carbocycles. The minimum absolute atomic E-state index is 0.0588. The Labute approximate surface area is 182 Å². The van der Waals surface area contributed by atoms with Crippen molar-refractivity contribution in [3.63, 3.8) is 0 Å². The molecule has 10 heteroatoms. The topological polar surface area (TPSA) is 94.8 Å². The maximum atomic E-state index is 13.5. The second kappa shape index (κ2) is 9.19. The van der Waals surface area contributed by atoms with E-state index in [2.05, 4.69) is 20.4 Å². The first-order chi connectivity index (χ1) is 15.1. The van der Waals surface area contributed by atoms with Gasteiger partial charge in [-0.15, -0.1) is 5.10 Å². The molecule has 0 spiro atoms. The summed E-state index contributed by atoms with van der Waals surface area (Å²) in [6.45, 7) is 4.22. The Morgan fingerprint density at radius 3 is 2.65 bits per heavy atom. The summed E-state index contributed by atoms with van der Waals surface area (Å²) in [7, 11) is 4.82. The summed E-state index contributed by atoms with van der Waals surface area (Å²) in [5, 5.41) is 12.6. The first-order valence-electron chi connectivity index (χ1n) is 10.6. The molecule has 1 aromatic carbocycles. The van der Waals surface area contributed by atoms with Crippen molar-refractivity contribution in [3.05, 3.63) is 29.6 Å². The zero-order chi connectivity index (χ0) is 21.8. The molecule has 2 aliphatic heterocycles. The van der Waals surface area contributed by atoms with Gasteiger partial charge >= 0.3 is 0 Å². The molecule has 1 aromatic heterocycles. The van der Waals surface area contributed by atoms with Gasteiger partial charge in [0.25, 0.3) is 5.91 Å². The molecular weight excluding hydrogens is 400 g/mol. The van der Waals surface area contributed by atoms with Gasteiger partial charge in [0.15, 0.2) is 5.82 Å². The number of rotatable bonds is 8. The van der Waals surface area contributed by atoms with Gasteiger partial charge in [0.2, 0.25) is 0 Å². The molecule has 1 amide bonds. The predicted molar refractivity (Wildman–Crippen MR) is 112 cm³/mol. The van der Waals surface area contributed by atoms with Gasteiger partial charge in [0.1, 0.15) is 17.0 Å². The average Bonchev–Trinajstić information content (AvgIpc) is 3.57. The van der Waals surface area contributed by atoms with E-state index in [0.29, 0.717) is 43.3 Å². The molecule has 3 heterocycles. The number of carbonyl (C=O) groups excluding carboxylic acids is 1. The van der Waals surface area contributed by atoms with Crippen LogP contribution in [0.1, 0.15) is 35.4 Å². The van der Waals surface area contributed by atoms with Crippen molar-refractivity contribution in [2.75, 3.05) is 54.1 Å². The Kier molecular flexibility index (Phi) is 6.38. The van der Waals surface area contributed by atoms with Crippen LogP contribution in [0.3, 0.4) is 0 Å². The summed E-state index contributed by atoms with van der Waals surface area (Å²) in [4.78, 5) is 17.8. The average molecular weight is 431 g/mol. The van der Waals surface area contributed by atoms with Crippen molar-refractivity contribution >= 4 is 5.91 Å². The van der Waals surface area contributed by atoms with E-state index in [1.165, 1.54) is 0 Å². The van der Waals surface area contributed by atoms with Crippen molar-refractivity contribution in [2.45, 2.75) is 31.3 Å². The molecule has 4 rings (SSSR count). The number of methoxy groups -OCH3 is 3. The van der Waals surface area contributed by atoms with Crippen molar-refractivity contribution in [1.82, 2.24) is 30.0 Å². The summed E-state index contributed by atoms with van der Waals surface area (Å²) in [5.41, 5.74) is 0.128. The van der Waals surface area contributed by atoms with Crippen LogP contribution in [0.4, 0.5) is 0 Å². The zero-order valence-corrected chi connectivity index (χ0v) is 18.4. The predicted octanol–water partition coefficient (Wildman–Crippen LogP) is 1.17. The molecule has 2 aromatic rings. The largest absolute Gasteiger partial charge is 0.497 e. The van der Waals surface area contributed by atoms with Crippen LogP contribution in [0.15, 0.2) is 18.2 Å². The number of benzene rings is 1. The highest BCUT2D eigenvalue weighted by Gasteiger charge is 2.50. The van der Waals surface area contributed by atoms with Gasteiger partial charge in [-0.3, -0.25) is 9.69 Å². The fraction of sp³-hybridized carbons (Fsp3) is 0.619. The fourth-order valence-electron chi connectivity index (χ4n) is 4.71. The molecular formula is C21H30N6O4.